The van der Waals surface area contributed by atoms with Gasteiger partial charge in [-0.25, -0.2) is 0 Å². The molecule has 2 aliphatic rings. The molecule has 0 spiro atoms. The average molecular weight is 353 g/mol. The molecule has 1 unspecified atom stereocenters. The molecule has 4 nitrogen and oxygen atoms in total. The first-order valence-electron chi connectivity index (χ1n) is 7.52. The molecule has 21 heavy (non-hydrogen) atoms. The molecule has 0 radical (unpaired) electrons. The quantitative estimate of drug-likeness (QED) is 0.818. The molecule has 0 aromatic heterocycles. The van der Waals surface area contributed by atoms with E-state index in [1.807, 2.05) is 30.0 Å². The highest BCUT2D eigenvalue weighted by atomic mass is 79.9. The van der Waals surface area contributed by atoms with Gasteiger partial charge in [0.05, 0.1) is 18.8 Å². The number of hydrogen-bond donors (Lipinski definition) is 0. The second-order valence-electron chi connectivity index (χ2n) is 5.83. The topological polar surface area (TPSA) is 32.8 Å². The summed E-state index contributed by atoms with van der Waals surface area (Å²) in [6.07, 6.45) is 1.06. The average Bonchev–Trinajstić information content (AvgIpc) is 2.97. The molecule has 2 aliphatic heterocycles. The Morgan fingerprint density at radius 2 is 2.05 bits per heavy atom. The lowest BCUT2D eigenvalue weighted by atomic mass is 10.1. The molecule has 2 saturated heterocycles. The van der Waals surface area contributed by atoms with Gasteiger partial charge in [-0.1, -0.05) is 6.07 Å². The van der Waals surface area contributed by atoms with Crippen LogP contribution in [0.3, 0.4) is 0 Å². The van der Waals surface area contributed by atoms with Crippen LogP contribution >= 0.6 is 15.9 Å². The summed E-state index contributed by atoms with van der Waals surface area (Å²) >= 11 is 3.51. The third kappa shape index (κ3) is 3.30. The summed E-state index contributed by atoms with van der Waals surface area (Å²) in [4.78, 5) is 17.1. The van der Waals surface area contributed by atoms with E-state index in [1.54, 1.807) is 0 Å². The summed E-state index contributed by atoms with van der Waals surface area (Å²) in [6.45, 7) is 7.31. The number of benzene rings is 1. The predicted octanol–water partition coefficient (Wildman–Crippen LogP) is 2.30. The van der Waals surface area contributed by atoms with Crippen LogP contribution in [0.1, 0.15) is 22.3 Å². The maximum Gasteiger partial charge on any atom is 0.255 e. The number of amides is 1. The molecule has 2 fully saturated rings. The van der Waals surface area contributed by atoms with Crippen molar-refractivity contribution in [2.75, 3.05) is 39.4 Å². The van der Waals surface area contributed by atoms with Gasteiger partial charge >= 0.3 is 0 Å². The van der Waals surface area contributed by atoms with Crippen LogP contribution in [0.2, 0.25) is 0 Å². The van der Waals surface area contributed by atoms with E-state index in [4.69, 9.17) is 4.74 Å². The van der Waals surface area contributed by atoms with E-state index >= 15 is 0 Å². The molecule has 1 aromatic carbocycles. The monoisotopic (exact) mass is 352 g/mol. The number of nitrogens with zero attached hydrogens (tertiary/aromatic N) is 2. The molecule has 1 aromatic rings. The Morgan fingerprint density at radius 1 is 1.29 bits per heavy atom. The third-order valence-corrected chi connectivity index (χ3v) is 5.02. The lowest BCUT2D eigenvalue weighted by Crippen LogP contribution is -2.45. The standard InChI is InChI=1S/C16H21BrN2O2/c1-12-2-3-14(15(17)10-12)16(20)19-5-4-13(11-19)18-6-8-21-9-7-18/h2-3,10,13H,4-9,11H2,1H3. The molecule has 0 saturated carbocycles. The highest BCUT2D eigenvalue weighted by Crippen LogP contribution is 2.24. The van der Waals surface area contributed by atoms with Crippen molar-refractivity contribution < 1.29 is 9.53 Å². The Labute approximate surface area is 134 Å². The van der Waals surface area contributed by atoms with Gasteiger partial charge in [0.1, 0.15) is 0 Å². The van der Waals surface area contributed by atoms with E-state index in [0.717, 1.165) is 61.4 Å². The molecule has 114 valence electrons. The number of ether oxygens (including phenoxy) is 1. The molecular formula is C16H21BrN2O2. The van der Waals surface area contributed by atoms with E-state index in [9.17, 15) is 4.79 Å². The highest BCUT2D eigenvalue weighted by Gasteiger charge is 2.32. The Hall–Kier alpha value is -0.910. The van der Waals surface area contributed by atoms with E-state index in [1.165, 1.54) is 0 Å². The summed E-state index contributed by atoms with van der Waals surface area (Å²) in [7, 11) is 0. The molecular weight excluding hydrogens is 332 g/mol. The summed E-state index contributed by atoms with van der Waals surface area (Å²) in [5, 5.41) is 0. The molecule has 0 N–H and O–H groups in total. The molecule has 0 aliphatic carbocycles. The fraction of sp³-hybridized carbons (Fsp3) is 0.562. The zero-order valence-electron chi connectivity index (χ0n) is 12.3. The minimum atomic E-state index is 0.137. The van der Waals surface area contributed by atoms with E-state index in [-0.39, 0.29) is 5.91 Å². The van der Waals surface area contributed by atoms with Crippen LogP contribution in [0.4, 0.5) is 0 Å². The number of hydrogen-bond acceptors (Lipinski definition) is 3. The highest BCUT2D eigenvalue weighted by molar-refractivity contribution is 9.10. The smallest absolute Gasteiger partial charge is 0.255 e. The maximum absolute atomic E-state index is 12.7. The number of aryl methyl sites for hydroxylation is 1. The number of morpholine rings is 1. The summed E-state index contributed by atoms with van der Waals surface area (Å²) < 4.78 is 6.29. The van der Waals surface area contributed by atoms with E-state index < -0.39 is 0 Å². The van der Waals surface area contributed by atoms with Gasteiger partial charge in [0.25, 0.3) is 5.91 Å². The Bertz CT molecular complexity index is 529. The Kier molecular flexibility index (Phi) is 4.62. The first-order chi connectivity index (χ1) is 10.1. The Balaban J connectivity index is 1.66. The minimum absolute atomic E-state index is 0.137. The SMILES string of the molecule is Cc1ccc(C(=O)N2CCC(N3CCOCC3)C2)c(Br)c1. The molecule has 0 bridgehead atoms. The van der Waals surface area contributed by atoms with Crippen molar-refractivity contribution in [3.8, 4) is 0 Å². The zero-order valence-corrected chi connectivity index (χ0v) is 13.9. The number of likely N-dealkylation sites (tertiary alicyclic amines) is 1. The minimum Gasteiger partial charge on any atom is -0.379 e. The van der Waals surface area contributed by atoms with Crippen molar-refractivity contribution in [1.29, 1.82) is 0 Å². The van der Waals surface area contributed by atoms with Gasteiger partial charge in [-0.15, -0.1) is 0 Å². The summed E-state index contributed by atoms with van der Waals surface area (Å²) in [5.74, 6) is 0.137. The third-order valence-electron chi connectivity index (χ3n) is 4.37. The van der Waals surface area contributed by atoms with E-state index in [2.05, 4.69) is 20.8 Å². The van der Waals surface area contributed by atoms with Crippen LogP contribution in [0.25, 0.3) is 0 Å². The molecule has 1 amide bonds. The molecule has 5 heteroatoms. The van der Waals surface area contributed by atoms with Crippen molar-refractivity contribution in [3.63, 3.8) is 0 Å². The van der Waals surface area contributed by atoms with Gasteiger partial charge in [-0.3, -0.25) is 9.69 Å². The number of halogens is 1. The van der Waals surface area contributed by atoms with Crippen molar-refractivity contribution in [2.24, 2.45) is 0 Å². The first-order valence-corrected chi connectivity index (χ1v) is 8.31. The number of carbonyl (C=O) groups excluding carboxylic acids is 1. The molecule has 1 atom stereocenters. The second-order valence-corrected chi connectivity index (χ2v) is 6.68. The van der Waals surface area contributed by atoms with Crippen molar-refractivity contribution in [2.45, 2.75) is 19.4 Å². The van der Waals surface area contributed by atoms with Crippen LogP contribution in [0.15, 0.2) is 22.7 Å². The number of carbonyl (C=O) groups is 1. The van der Waals surface area contributed by atoms with Gasteiger partial charge in [0, 0.05) is 36.7 Å². The molecule has 3 rings (SSSR count). The van der Waals surface area contributed by atoms with Crippen molar-refractivity contribution >= 4 is 21.8 Å². The Morgan fingerprint density at radius 3 is 2.76 bits per heavy atom. The van der Waals surface area contributed by atoms with Gasteiger partial charge in [0.15, 0.2) is 0 Å². The van der Waals surface area contributed by atoms with Gasteiger partial charge in [0.2, 0.25) is 0 Å². The van der Waals surface area contributed by atoms with Crippen LogP contribution < -0.4 is 0 Å². The van der Waals surface area contributed by atoms with Gasteiger partial charge in [-0.05, 0) is 47.0 Å². The molecule has 2 heterocycles. The normalized spacial score (nSPS) is 23.5. The largest absolute Gasteiger partial charge is 0.379 e. The fourth-order valence-corrected chi connectivity index (χ4v) is 3.79. The van der Waals surface area contributed by atoms with Gasteiger partial charge in [-0.2, -0.15) is 0 Å². The lowest BCUT2D eigenvalue weighted by molar-refractivity contribution is 0.0185. The van der Waals surface area contributed by atoms with Crippen LogP contribution in [-0.4, -0.2) is 61.1 Å². The van der Waals surface area contributed by atoms with Crippen LogP contribution in [0.5, 0.6) is 0 Å². The van der Waals surface area contributed by atoms with Crippen LogP contribution in [-0.2, 0) is 4.74 Å². The lowest BCUT2D eigenvalue weighted by Gasteiger charge is -2.32. The second kappa shape index (κ2) is 6.46. The number of rotatable bonds is 2. The maximum atomic E-state index is 12.7. The summed E-state index contributed by atoms with van der Waals surface area (Å²) in [6, 6.07) is 6.40. The van der Waals surface area contributed by atoms with Crippen molar-refractivity contribution in [3.05, 3.63) is 33.8 Å². The predicted molar refractivity (Wildman–Crippen MR) is 85.6 cm³/mol. The fourth-order valence-electron chi connectivity index (χ4n) is 3.13. The van der Waals surface area contributed by atoms with Crippen molar-refractivity contribution in [1.82, 2.24) is 9.80 Å². The van der Waals surface area contributed by atoms with Crippen LogP contribution in [0, 0.1) is 6.92 Å². The zero-order chi connectivity index (χ0) is 14.8. The van der Waals surface area contributed by atoms with E-state index in [0.29, 0.717) is 6.04 Å². The summed E-state index contributed by atoms with van der Waals surface area (Å²) in [5.41, 5.74) is 1.93. The van der Waals surface area contributed by atoms with Gasteiger partial charge < -0.3 is 9.64 Å². The first kappa shape index (κ1) is 15.0.